The summed E-state index contributed by atoms with van der Waals surface area (Å²) < 4.78 is 47.7. The molecule has 0 radical (unpaired) electrons. The molecule has 2 nitrogen and oxygen atoms in total. The molecule has 0 amide bonds. The Hall–Kier alpha value is -2.21. The fraction of sp³-hybridized carbons (Fsp3) is 0.211. The molecule has 2 aromatic carbocycles. The molecular weight excluding hydrogens is 349 g/mol. The molecule has 0 N–H and O–H groups in total. The Labute approximate surface area is 147 Å². The van der Waals surface area contributed by atoms with Crippen LogP contribution < -0.4 is 0 Å². The van der Waals surface area contributed by atoms with Gasteiger partial charge >= 0.3 is 0 Å². The Bertz CT molecular complexity index is 904. The van der Waals surface area contributed by atoms with Gasteiger partial charge in [0.2, 0.25) is 5.78 Å². The number of ether oxygens (including phenoxy) is 1. The molecule has 1 heterocycles. The van der Waals surface area contributed by atoms with E-state index in [1.54, 1.807) is 6.07 Å². The van der Waals surface area contributed by atoms with Gasteiger partial charge < -0.3 is 4.74 Å². The van der Waals surface area contributed by atoms with Crippen molar-refractivity contribution < 1.29 is 22.7 Å². The first-order valence-corrected chi connectivity index (χ1v) is 8.74. The second-order valence-corrected chi connectivity index (χ2v) is 7.00. The van der Waals surface area contributed by atoms with Crippen LogP contribution in [0.5, 0.6) is 0 Å². The lowest BCUT2D eigenvalue weighted by Gasteiger charge is -2.18. The van der Waals surface area contributed by atoms with Crippen LogP contribution in [-0.2, 0) is 9.53 Å². The zero-order chi connectivity index (χ0) is 18.4. The summed E-state index contributed by atoms with van der Waals surface area (Å²) >= 11 is 1.37. The van der Waals surface area contributed by atoms with Crippen molar-refractivity contribution in [2.75, 3.05) is 6.26 Å². The summed E-state index contributed by atoms with van der Waals surface area (Å²) in [6, 6.07) is 7.41. The highest BCUT2D eigenvalue weighted by atomic mass is 32.2. The number of hydrogen-bond donors (Lipinski definition) is 0. The smallest absolute Gasteiger partial charge is 0.210 e. The predicted molar refractivity (Wildman–Crippen MR) is 91.5 cm³/mol. The van der Waals surface area contributed by atoms with E-state index < -0.39 is 28.8 Å². The number of benzene rings is 2. The molecule has 130 valence electrons. The third-order valence-corrected chi connectivity index (χ3v) is 4.70. The molecule has 3 rings (SSSR count). The fourth-order valence-corrected chi connectivity index (χ4v) is 3.12. The third-order valence-electron chi connectivity index (χ3n) is 3.98. The highest BCUT2D eigenvalue weighted by Gasteiger charge is 2.44. The summed E-state index contributed by atoms with van der Waals surface area (Å²) in [7, 11) is 0. The van der Waals surface area contributed by atoms with Gasteiger partial charge in [-0.05, 0) is 50.4 Å². The van der Waals surface area contributed by atoms with Crippen LogP contribution in [0.3, 0.4) is 0 Å². The van der Waals surface area contributed by atoms with Gasteiger partial charge in [-0.25, -0.2) is 13.2 Å². The molecule has 0 aromatic heterocycles. The molecular formula is C19H15F3O2S. The van der Waals surface area contributed by atoms with E-state index in [0.717, 1.165) is 12.1 Å². The van der Waals surface area contributed by atoms with E-state index in [4.69, 9.17) is 4.74 Å². The van der Waals surface area contributed by atoms with Crippen molar-refractivity contribution in [3.63, 3.8) is 0 Å². The van der Waals surface area contributed by atoms with Gasteiger partial charge in [0, 0.05) is 16.5 Å². The Balaban J connectivity index is 2.25. The maximum absolute atomic E-state index is 14.5. The molecule has 0 fully saturated rings. The molecule has 1 aliphatic rings. The quantitative estimate of drug-likeness (QED) is 0.711. The first-order chi connectivity index (χ1) is 11.7. The van der Waals surface area contributed by atoms with Crippen LogP contribution in [0.25, 0.3) is 11.3 Å². The molecule has 0 saturated heterocycles. The van der Waals surface area contributed by atoms with Crippen molar-refractivity contribution in [3.8, 4) is 0 Å². The average Bonchev–Trinajstić information content (AvgIpc) is 2.78. The minimum absolute atomic E-state index is 0.0364. The summed E-state index contributed by atoms with van der Waals surface area (Å²) in [6.45, 7) is 3.05. The molecule has 2 aromatic rings. The van der Waals surface area contributed by atoms with Crippen LogP contribution in [0.1, 0.15) is 25.0 Å². The van der Waals surface area contributed by atoms with Crippen LogP contribution in [0.15, 0.2) is 41.3 Å². The van der Waals surface area contributed by atoms with Gasteiger partial charge in [0.15, 0.2) is 5.60 Å². The van der Waals surface area contributed by atoms with E-state index in [0.29, 0.717) is 11.0 Å². The van der Waals surface area contributed by atoms with E-state index in [-0.39, 0.29) is 22.5 Å². The van der Waals surface area contributed by atoms with Crippen molar-refractivity contribution >= 4 is 28.9 Å². The number of halogens is 3. The first kappa shape index (κ1) is 17.6. The average molecular weight is 364 g/mol. The fourth-order valence-electron chi connectivity index (χ4n) is 2.69. The van der Waals surface area contributed by atoms with Crippen molar-refractivity contribution in [2.24, 2.45) is 0 Å². The lowest BCUT2D eigenvalue weighted by Crippen LogP contribution is -2.29. The normalized spacial score (nSPS) is 16.3. The second-order valence-electron chi connectivity index (χ2n) is 6.12. The van der Waals surface area contributed by atoms with E-state index in [9.17, 15) is 18.0 Å². The molecule has 6 heteroatoms. The Morgan fingerprint density at radius 3 is 2.20 bits per heavy atom. The summed E-state index contributed by atoms with van der Waals surface area (Å²) in [5.41, 5.74) is -1.40. The van der Waals surface area contributed by atoms with Crippen molar-refractivity contribution in [3.05, 3.63) is 65.0 Å². The standard InChI is InChI=1S/C19H15F3O2S/c1-19(2)18(23)16(12-6-4-10(20)8-14(12)21)17(24-19)13-7-5-11(25-3)9-15(13)22/h4-9H,1-3H3. The molecule has 25 heavy (non-hydrogen) atoms. The summed E-state index contributed by atoms with van der Waals surface area (Å²) in [5.74, 6) is -2.76. The number of ketones is 1. The van der Waals surface area contributed by atoms with Crippen LogP contribution in [0.2, 0.25) is 0 Å². The van der Waals surface area contributed by atoms with Gasteiger partial charge in [-0.1, -0.05) is 0 Å². The second kappa shape index (κ2) is 6.26. The number of Topliss-reactive ketones (excluding diaryl/α,β-unsaturated/α-hetero) is 1. The highest BCUT2D eigenvalue weighted by Crippen LogP contribution is 2.43. The number of rotatable bonds is 3. The Morgan fingerprint density at radius 2 is 1.60 bits per heavy atom. The van der Waals surface area contributed by atoms with Crippen LogP contribution in [0.4, 0.5) is 13.2 Å². The molecule has 0 bridgehead atoms. The Morgan fingerprint density at radius 1 is 0.960 bits per heavy atom. The van der Waals surface area contributed by atoms with Crippen molar-refractivity contribution in [1.82, 2.24) is 0 Å². The summed E-state index contributed by atoms with van der Waals surface area (Å²) in [4.78, 5) is 13.4. The van der Waals surface area contributed by atoms with Gasteiger partial charge in [0.25, 0.3) is 0 Å². The predicted octanol–water partition coefficient (Wildman–Crippen LogP) is 5.07. The minimum atomic E-state index is -1.27. The molecule has 1 aliphatic heterocycles. The van der Waals surface area contributed by atoms with Crippen LogP contribution in [-0.4, -0.2) is 17.6 Å². The van der Waals surface area contributed by atoms with Gasteiger partial charge in [-0.15, -0.1) is 11.8 Å². The Kier molecular flexibility index (Phi) is 4.41. The maximum atomic E-state index is 14.5. The maximum Gasteiger partial charge on any atom is 0.210 e. The number of carbonyl (C=O) groups excluding carboxylic acids is 1. The lowest BCUT2D eigenvalue weighted by atomic mass is 9.92. The highest BCUT2D eigenvalue weighted by molar-refractivity contribution is 7.98. The van der Waals surface area contributed by atoms with E-state index >= 15 is 0 Å². The van der Waals surface area contributed by atoms with Gasteiger partial charge in [-0.3, -0.25) is 4.79 Å². The summed E-state index contributed by atoms with van der Waals surface area (Å²) in [6.07, 6.45) is 1.81. The third kappa shape index (κ3) is 3.06. The molecule has 0 aliphatic carbocycles. The lowest BCUT2D eigenvalue weighted by molar-refractivity contribution is -0.125. The largest absolute Gasteiger partial charge is 0.478 e. The monoisotopic (exact) mass is 364 g/mol. The summed E-state index contributed by atoms with van der Waals surface area (Å²) in [5, 5.41) is 0. The molecule has 0 spiro atoms. The topological polar surface area (TPSA) is 26.3 Å². The minimum Gasteiger partial charge on any atom is -0.478 e. The van der Waals surface area contributed by atoms with Gasteiger partial charge in [0.1, 0.15) is 23.2 Å². The zero-order valence-corrected chi connectivity index (χ0v) is 14.6. The zero-order valence-electron chi connectivity index (χ0n) is 13.8. The van der Waals surface area contributed by atoms with Crippen LogP contribution >= 0.6 is 11.8 Å². The molecule has 0 unspecified atom stereocenters. The van der Waals surface area contributed by atoms with E-state index in [1.165, 1.54) is 37.7 Å². The van der Waals surface area contributed by atoms with Crippen molar-refractivity contribution in [1.29, 1.82) is 0 Å². The number of thioether (sulfide) groups is 1. The van der Waals surface area contributed by atoms with E-state index in [1.807, 2.05) is 6.26 Å². The number of hydrogen-bond acceptors (Lipinski definition) is 3. The van der Waals surface area contributed by atoms with Gasteiger partial charge in [0.05, 0.1) is 11.1 Å². The van der Waals surface area contributed by atoms with Gasteiger partial charge in [-0.2, -0.15) is 0 Å². The van der Waals surface area contributed by atoms with Crippen LogP contribution in [0, 0.1) is 17.5 Å². The molecule has 0 atom stereocenters. The van der Waals surface area contributed by atoms with Crippen molar-refractivity contribution in [2.45, 2.75) is 24.3 Å². The SMILES string of the molecule is CSc1ccc(C2=C(c3ccc(F)cc3F)C(=O)C(C)(C)O2)c(F)c1. The number of carbonyl (C=O) groups is 1. The molecule has 0 saturated carbocycles. The van der Waals surface area contributed by atoms with E-state index in [2.05, 4.69) is 0 Å². The first-order valence-electron chi connectivity index (χ1n) is 7.52.